The Labute approximate surface area is 441 Å². The van der Waals surface area contributed by atoms with E-state index in [1.807, 2.05) is 72.8 Å². The minimum absolute atomic E-state index is 0. The zero-order valence-corrected chi connectivity index (χ0v) is 46.4. The van der Waals surface area contributed by atoms with Crippen LogP contribution in [-0.2, 0) is 16.8 Å². The van der Waals surface area contributed by atoms with Gasteiger partial charge in [-0.05, 0) is 82.4 Å². The van der Waals surface area contributed by atoms with Crippen LogP contribution >= 0.6 is 0 Å². The van der Waals surface area contributed by atoms with Crippen LogP contribution in [0.1, 0.15) is 111 Å². The zero-order valence-electron chi connectivity index (χ0n) is 45.4. The summed E-state index contributed by atoms with van der Waals surface area (Å²) in [5.41, 5.74) is 4.68. The predicted octanol–water partition coefficient (Wildman–Crippen LogP) is 14.4. The van der Waals surface area contributed by atoms with Gasteiger partial charge in [-0.1, -0.05) is 159 Å². The third kappa shape index (κ3) is 10.3. The van der Waals surface area contributed by atoms with Gasteiger partial charge >= 0.3 is 16.8 Å². The van der Waals surface area contributed by atoms with Crippen LogP contribution in [0.4, 0.5) is 0 Å². The number of nitrogens with zero attached hydrogens (tertiary/aromatic N) is 8. The van der Waals surface area contributed by atoms with Gasteiger partial charge in [-0.3, -0.25) is 0 Å². The van der Waals surface area contributed by atoms with Gasteiger partial charge in [-0.15, -0.1) is 0 Å². The molecule has 0 aliphatic carbocycles. The number of benzene rings is 4. The average molecular weight is 1030 g/mol. The van der Waals surface area contributed by atoms with Crippen molar-refractivity contribution < 1.29 is 35.7 Å². The second-order valence-electron chi connectivity index (χ2n) is 22.5. The Hall–Kier alpha value is -6.05. The summed E-state index contributed by atoms with van der Waals surface area (Å²) in [6.07, 6.45) is -0.327. The molecule has 0 spiro atoms. The van der Waals surface area contributed by atoms with Gasteiger partial charge < -0.3 is 48.9 Å². The van der Waals surface area contributed by atoms with E-state index in [9.17, 15) is 0 Å². The summed E-state index contributed by atoms with van der Waals surface area (Å²) < 4.78 is 27.9. The Kier molecular flexibility index (Phi) is 15.6. The van der Waals surface area contributed by atoms with Crippen LogP contribution in [0.15, 0.2) is 72.8 Å². The van der Waals surface area contributed by atoms with E-state index in [4.69, 9.17) is 58.8 Å². The molecule has 2 aliphatic heterocycles. The van der Waals surface area contributed by atoms with E-state index in [1.54, 1.807) is 0 Å². The van der Waals surface area contributed by atoms with Crippen LogP contribution in [0.2, 0.25) is 0 Å². The molecule has 0 atom stereocenters. The van der Waals surface area contributed by atoms with Crippen LogP contribution in [-0.4, -0.2) is 54.3 Å². The van der Waals surface area contributed by atoms with E-state index in [2.05, 4.69) is 111 Å². The summed E-state index contributed by atoms with van der Waals surface area (Å²) in [6, 6.07) is 24.0. The third-order valence-corrected chi connectivity index (χ3v) is 14.0. The number of aromatic nitrogens is 8. The Morgan fingerprint density at radius 3 is 0.904 bits per heavy atom. The molecule has 13 heteroatoms. The van der Waals surface area contributed by atoms with Gasteiger partial charge in [-0.2, -0.15) is 0 Å². The second kappa shape index (κ2) is 21.4. The first kappa shape index (κ1) is 53.2. The van der Waals surface area contributed by atoms with E-state index >= 15 is 0 Å². The Morgan fingerprint density at radius 2 is 0.589 bits per heavy atom. The van der Waals surface area contributed by atoms with Crippen molar-refractivity contribution in [3.05, 3.63) is 72.8 Å². The fraction of sp³-hybridized carbons (Fsp3) is 0.467. The second-order valence-corrected chi connectivity index (χ2v) is 22.5. The van der Waals surface area contributed by atoms with Gasteiger partial charge in [0.2, 0.25) is 0 Å². The summed E-state index contributed by atoms with van der Waals surface area (Å²) >= 11 is 0. The van der Waals surface area contributed by atoms with Crippen LogP contribution in [0.3, 0.4) is 0 Å². The molecule has 0 fully saturated rings. The third-order valence-electron chi connectivity index (χ3n) is 14.0. The maximum atomic E-state index is 6.99. The molecule has 8 bridgehead atoms. The number of fused-ring (bicyclic) bond motifs is 20. The SMILES string of the molecule is CC(C)C(Oc1cccc2c1-c1nc-2nc2[n-]c(nc3nc(nc4[n-]c(n1)c1cccc(OC(C(C)C)C(C)C)c41)-c1cccc(OC(C(C)C)C(C)C)c1-3)c1cccc(OC(C(C)C)C(C)C)c21)C(C)C.[Co+2]. The summed E-state index contributed by atoms with van der Waals surface area (Å²) in [7, 11) is 0. The average Bonchev–Trinajstić information content (AvgIpc) is 4.06. The van der Waals surface area contributed by atoms with Gasteiger partial charge in [0.1, 0.15) is 47.4 Å². The molecule has 9 rings (SSSR count). The van der Waals surface area contributed by atoms with E-state index in [0.29, 0.717) is 68.9 Å². The molecule has 5 heterocycles. The Bertz CT molecular complexity index is 3050. The molecule has 7 aromatic rings. The summed E-state index contributed by atoms with van der Waals surface area (Å²) in [4.78, 5) is 42.7. The van der Waals surface area contributed by atoms with Gasteiger partial charge in [0.25, 0.3) is 0 Å². The molecule has 0 unspecified atom stereocenters. The van der Waals surface area contributed by atoms with Crippen molar-refractivity contribution in [1.82, 2.24) is 39.9 Å². The molecule has 0 amide bonds. The van der Waals surface area contributed by atoms with Crippen LogP contribution < -0.4 is 28.9 Å². The standard InChI is InChI=1S/C60H72N8O4.Co/c1-29(2)49(30(3)4)69-41-25-17-21-37-45(41)57-61-53(37)66-58-47-39(23-19-27-43(47)71-51(33(9)10)34(11)12)55(63-58)68-60-48-40(24-20-28-44(48)72-52(35(13)14)36(15)16)56(64-60)67-59-46-38(54(62-59)65-57)22-18-26-42(46)70-50(31(5)6)32(7)8;/h17-36,49-52H,1-16H3;/q-2;+2. The Balaban J connectivity index is 0.00000711. The molecule has 385 valence electrons. The van der Waals surface area contributed by atoms with Crippen molar-refractivity contribution in [1.29, 1.82) is 0 Å². The molecular weight excluding hydrogens is 956 g/mol. The fourth-order valence-electron chi connectivity index (χ4n) is 10.9. The van der Waals surface area contributed by atoms with Crippen LogP contribution in [0.5, 0.6) is 23.0 Å². The van der Waals surface area contributed by atoms with E-state index in [-0.39, 0.29) is 88.5 Å². The first-order valence-electron chi connectivity index (χ1n) is 26.2. The monoisotopic (exact) mass is 1030 g/mol. The topological polar surface area (TPSA) is 142 Å². The number of ether oxygens (including phenoxy) is 4. The molecule has 73 heavy (non-hydrogen) atoms. The van der Waals surface area contributed by atoms with Crippen LogP contribution in [0.25, 0.3) is 89.7 Å². The minimum Gasteiger partial charge on any atom is -0.489 e. The predicted molar refractivity (Wildman–Crippen MR) is 290 cm³/mol. The maximum Gasteiger partial charge on any atom is 2.00 e. The van der Waals surface area contributed by atoms with Gasteiger partial charge in [0.05, 0.1) is 34.4 Å². The van der Waals surface area contributed by atoms with Gasteiger partial charge in [0, 0.05) is 44.5 Å². The maximum absolute atomic E-state index is 6.99. The first-order chi connectivity index (χ1) is 34.3. The summed E-state index contributed by atoms with van der Waals surface area (Å²) in [5.74, 6) is 6.27. The van der Waals surface area contributed by atoms with Crippen molar-refractivity contribution in [3.63, 3.8) is 0 Å². The molecule has 2 aliphatic rings. The number of hydrogen-bond acceptors (Lipinski definition) is 10. The summed E-state index contributed by atoms with van der Waals surface area (Å²) in [6.45, 7) is 35.0. The molecule has 1 radical (unpaired) electrons. The van der Waals surface area contributed by atoms with Crippen molar-refractivity contribution in [2.45, 2.75) is 135 Å². The van der Waals surface area contributed by atoms with Crippen molar-refractivity contribution in [2.24, 2.45) is 47.3 Å². The molecule has 0 saturated heterocycles. The zero-order chi connectivity index (χ0) is 51.4. The van der Waals surface area contributed by atoms with E-state index in [0.717, 1.165) is 43.8 Å². The Morgan fingerprint density at radius 1 is 0.315 bits per heavy atom. The van der Waals surface area contributed by atoms with Crippen molar-refractivity contribution in [3.8, 4) is 68.5 Å². The smallest absolute Gasteiger partial charge is 0.489 e. The van der Waals surface area contributed by atoms with Gasteiger partial charge in [-0.25, -0.2) is 9.97 Å². The number of rotatable bonds is 16. The molecule has 4 aromatic carbocycles. The minimum atomic E-state index is -0.0817. The first-order valence-corrected chi connectivity index (χ1v) is 26.2. The van der Waals surface area contributed by atoms with E-state index < -0.39 is 0 Å². The molecule has 12 nitrogen and oxygen atoms in total. The number of hydrogen-bond donors (Lipinski definition) is 0. The molecule has 3 aromatic heterocycles. The van der Waals surface area contributed by atoms with Crippen LogP contribution in [0, 0.1) is 47.3 Å². The fourth-order valence-corrected chi connectivity index (χ4v) is 10.9. The molecule has 0 saturated carbocycles. The van der Waals surface area contributed by atoms with E-state index in [1.165, 1.54) is 0 Å². The molecular formula is C60H72CoN8O4. The van der Waals surface area contributed by atoms with Gasteiger partial charge in [0.15, 0.2) is 0 Å². The van der Waals surface area contributed by atoms with Crippen molar-refractivity contribution in [2.75, 3.05) is 0 Å². The largest absolute Gasteiger partial charge is 2.00 e. The molecule has 0 N–H and O–H groups in total. The quantitative estimate of drug-likeness (QED) is 0.0909. The normalized spacial score (nSPS) is 12.7. The van der Waals surface area contributed by atoms with Crippen molar-refractivity contribution >= 4 is 44.1 Å². The summed E-state index contributed by atoms with van der Waals surface area (Å²) in [5, 5.41) is 2.98.